The lowest BCUT2D eigenvalue weighted by molar-refractivity contribution is 0.190. The van der Waals surface area contributed by atoms with E-state index in [-0.39, 0.29) is 6.04 Å². The first kappa shape index (κ1) is 14.0. The Morgan fingerprint density at radius 2 is 2.12 bits per heavy atom. The van der Waals surface area contributed by atoms with E-state index in [1.165, 1.54) is 6.42 Å². The maximum atomic E-state index is 5.12. The van der Waals surface area contributed by atoms with Crippen molar-refractivity contribution < 1.29 is 4.74 Å². The minimum atomic E-state index is 0.269. The highest BCUT2D eigenvalue weighted by molar-refractivity contribution is 5.28. The minimum absolute atomic E-state index is 0.269. The monoisotopic (exact) mass is 239 g/mol. The lowest BCUT2D eigenvalue weighted by Gasteiger charge is -2.23. The second-order valence-electron chi connectivity index (χ2n) is 4.78. The minimum Gasteiger partial charge on any atom is -0.383 e. The molecule has 1 N–H and O–H groups in total. The number of nitrogens with one attached hydrogen (secondary N) is 1. The van der Waals surface area contributed by atoms with Crippen molar-refractivity contribution in [3.63, 3.8) is 0 Å². The number of aromatic nitrogens is 2. The summed E-state index contributed by atoms with van der Waals surface area (Å²) in [5.41, 5.74) is 0. The summed E-state index contributed by atoms with van der Waals surface area (Å²) < 4.78 is 7.33. The van der Waals surface area contributed by atoms with E-state index in [4.69, 9.17) is 4.74 Å². The number of imidazole rings is 1. The Morgan fingerprint density at radius 1 is 1.41 bits per heavy atom. The van der Waals surface area contributed by atoms with E-state index in [0.717, 1.165) is 5.95 Å². The van der Waals surface area contributed by atoms with Gasteiger partial charge in [-0.3, -0.25) is 0 Å². The summed E-state index contributed by atoms with van der Waals surface area (Å²) in [5, 5.41) is 3.38. The van der Waals surface area contributed by atoms with Gasteiger partial charge in [-0.05, 0) is 19.8 Å². The molecule has 0 bridgehead atoms. The largest absolute Gasteiger partial charge is 0.383 e. The van der Waals surface area contributed by atoms with Crippen LogP contribution in [0.5, 0.6) is 0 Å². The number of ether oxygens (including phenoxy) is 1. The van der Waals surface area contributed by atoms with E-state index in [1.807, 2.05) is 12.4 Å². The Labute approximate surface area is 104 Å². The average Bonchev–Trinajstić information content (AvgIpc) is 2.75. The third kappa shape index (κ3) is 3.73. The molecule has 0 aliphatic rings. The van der Waals surface area contributed by atoms with Crippen LogP contribution in [-0.2, 0) is 4.74 Å². The van der Waals surface area contributed by atoms with E-state index in [2.05, 4.69) is 42.6 Å². The van der Waals surface area contributed by atoms with E-state index in [9.17, 15) is 0 Å². The van der Waals surface area contributed by atoms with Crippen molar-refractivity contribution in [3.05, 3.63) is 12.4 Å². The van der Waals surface area contributed by atoms with Gasteiger partial charge in [-0.25, -0.2) is 4.98 Å². The Kier molecular flexibility index (Phi) is 5.48. The Balaban J connectivity index is 2.71. The quantitative estimate of drug-likeness (QED) is 0.795. The average molecular weight is 239 g/mol. The molecule has 0 amide bonds. The first-order valence-electron chi connectivity index (χ1n) is 6.38. The third-order valence-corrected chi connectivity index (χ3v) is 3.37. The summed E-state index contributed by atoms with van der Waals surface area (Å²) >= 11 is 0. The number of hydrogen-bond acceptors (Lipinski definition) is 3. The van der Waals surface area contributed by atoms with Crippen molar-refractivity contribution in [2.24, 2.45) is 5.92 Å². The predicted octanol–water partition coefficient (Wildman–Crippen LogP) is 2.94. The molecule has 0 aromatic carbocycles. The summed E-state index contributed by atoms with van der Waals surface area (Å²) in [4.78, 5) is 4.37. The zero-order valence-corrected chi connectivity index (χ0v) is 11.6. The maximum absolute atomic E-state index is 5.12. The van der Waals surface area contributed by atoms with Gasteiger partial charge in [0.2, 0.25) is 5.95 Å². The van der Waals surface area contributed by atoms with Crippen LogP contribution >= 0.6 is 0 Å². The smallest absolute Gasteiger partial charge is 0.203 e. The van der Waals surface area contributed by atoms with E-state index >= 15 is 0 Å². The molecular weight excluding hydrogens is 214 g/mol. The Bertz CT molecular complexity index is 324. The lowest BCUT2D eigenvalue weighted by atomic mass is 10.0. The molecular formula is C13H25N3O. The second kappa shape index (κ2) is 6.64. The lowest BCUT2D eigenvalue weighted by Crippen LogP contribution is -2.24. The normalized spacial score (nSPS) is 16.5. The highest BCUT2D eigenvalue weighted by Crippen LogP contribution is 2.23. The molecule has 1 heterocycles. The molecule has 1 rings (SSSR count). The number of nitrogens with zero attached hydrogens (tertiary/aromatic N) is 2. The van der Waals surface area contributed by atoms with Crippen LogP contribution in [0.3, 0.4) is 0 Å². The number of methoxy groups -OCH3 is 1. The summed E-state index contributed by atoms with van der Waals surface area (Å²) in [5.74, 6) is 1.57. The molecule has 0 fully saturated rings. The zero-order chi connectivity index (χ0) is 12.8. The molecule has 98 valence electrons. The third-order valence-electron chi connectivity index (χ3n) is 3.37. The van der Waals surface area contributed by atoms with Gasteiger partial charge >= 0.3 is 0 Å². The van der Waals surface area contributed by atoms with Gasteiger partial charge in [0.1, 0.15) is 0 Å². The van der Waals surface area contributed by atoms with Crippen molar-refractivity contribution in [3.8, 4) is 0 Å². The Hall–Kier alpha value is -1.03. The fraction of sp³-hybridized carbons (Fsp3) is 0.769. The summed E-state index contributed by atoms with van der Waals surface area (Å²) in [7, 11) is 1.71. The number of anilines is 1. The maximum Gasteiger partial charge on any atom is 0.203 e. The molecule has 3 unspecified atom stereocenters. The van der Waals surface area contributed by atoms with Gasteiger partial charge in [0, 0.05) is 31.6 Å². The van der Waals surface area contributed by atoms with Gasteiger partial charge in [0.05, 0.1) is 6.61 Å². The molecule has 0 aliphatic carbocycles. The number of hydrogen-bond donors (Lipinski definition) is 1. The molecule has 0 saturated carbocycles. The fourth-order valence-electron chi connectivity index (χ4n) is 1.88. The van der Waals surface area contributed by atoms with Crippen LogP contribution in [0.25, 0.3) is 0 Å². The highest BCUT2D eigenvalue weighted by Gasteiger charge is 2.16. The van der Waals surface area contributed by atoms with Gasteiger partial charge in [-0.1, -0.05) is 20.3 Å². The van der Waals surface area contributed by atoms with Gasteiger partial charge in [-0.15, -0.1) is 0 Å². The topological polar surface area (TPSA) is 39.1 Å². The zero-order valence-electron chi connectivity index (χ0n) is 11.6. The van der Waals surface area contributed by atoms with Crippen LogP contribution in [0.1, 0.15) is 40.2 Å². The van der Waals surface area contributed by atoms with Crippen LogP contribution in [0.4, 0.5) is 5.95 Å². The molecule has 4 heteroatoms. The van der Waals surface area contributed by atoms with Crippen molar-refractivity contribution >= 4 is 5.95 Å². The molecule has 0 aliphatic heterocycles. The van der Waals surface area contributed by atoms with Crippen LogP contribution < -0.4 is 5.32 Å². The Morgan fingerprint density at radius 3 is 2.71 bits per heavy atom. The molecule has 1 aromatic heterocycles. The molecule has 1 aromatic rings. The SMILES string of the molecule is CCC(C)C(C)n1ccnc1NC(C)COC. The molecule has 17 heavy (non-hydrogen) atoms. The standard InChI is InChI=1S/C13H25N3O/c1-6-10(2)12(4)16-8-7-14-13(16)15-11(3)9-17-5/h7-8,10-12H,6,9H2,1-5H3,(H,14,15). The molecule has 4 nitrogen and oxygen atoms in total. The van der Waals surface area contributed by atoms with Crippen LogP contribution in [0.15, 0.2) is 12.4 Å². The molecule has 0 spiro atoms. The van der Waals surface area contributed by atoms with Crippen molar-refractivity contribution in [1.82, 2.24) is 9.55 Å². The van der Waals surface area contributed by atoms with Crippen molar-refractivity contribution in [2.45, 2.75) is 46.2 Å². The second-order valence-corrected chi connectivity index (χ2v) is 4.78. The van der Waals surface area contributed by atoms with Gasteiger partial charge in [0.15, 0.2) is 0 Å². The fourth-order valence-corrected chi connectivity index (χ4v) is 1.88. The van der Waals surface area contributed by atoms with Crippen LogP contribution in [0, 0.1) is 5.92 Å². The molecule has 3 atom stereocenters. The summed E-state index contributed by atoms with van der Waals surface area (Å²) in [6.07, 6.45) is 5.06. The van der Waals surface area contributed by atoms with Crippen molar-refractivity contribution in [2.75, 3.05) is 19.0 Å². The summed E-state index contributed by atoms with van der Waals surface area (Å²) in [6, 6.07) is 0.727. The van der Waals surface area contributed by atoms with E-state index in [0.29, 0.717) is 18.6 Å². The predicted molar refractivity (Wildman–Crippen MR) is 71.4 cm³/mol. The first-order valence-corrected chi connectivity index (χ1v) is 6.38. The van der Waals surface area contributed by atoms with Crippen LogP contribution in [-0.4, -0.2) is 29.3 Å². The number of rotatable bonds is 7. The molecule has 0 saturated heterocycles. The van der Waals surface area contributed by atoms with E-state index < -0.39 is 0 Å². The van der Waals surface area contributed by atoms with Gasteiger partial charge < -0.3 is 14.6 Å². The van der Waals surface area contributed by atoms with Crippen LogP contribution in [0.2, 0.25) is 0 Å². The van der Waals surface area contributed by atoms with Crippen molar-refractivity contribution in [1.29, 1.82) is 0 Å². The van der Waals surface area contributed by atoms with Gasteiger partial charge in [-0.2, -0.15) is 0 Å². The van der Waals surface area contributed by atoms with Gasteiger partial charge in [0.25, 0.3) is 0 Å². The first-order chi connectivity index (χ1) is 8.10. The summed E-state index contributed by atoms with van der Waals surface area (Å²) in [6.45, 7) is 9.51. The van der Waals surface area contributed by atoms with E-state index in [1.54, 1.807) is 7.11 Å². The highest BCUT2D eigenvalue weighted by atomic mass is 16.5. The molecule has 0 radical (unpaired) electrons.